The highest BCUT2D eigenvalue weighted by Crippen LogP contribution is 2.23. The first kappa shape index (κ1) is 18.2. The van der Waals surface area contributed by atoms with Crippen LogP contribution in [0, 0.1) is 0 Å². The van der Waals surface area contributed by atoms with Crippen LogP contribution in [-0.2, 0) is 6.54 Å². The molecule has 1 aromatic carbocycles. The molecule has 0 aromatic heterocycles. The van der Waals surface area contributed by atoms with E-state index < -0.39 is 5.69 Å². The highest BCUT2D eigenvalue weighted by Gasteiger charge is 2.16. The van der Waals surface area contributed by atoms with Crippen molar-refractivity contribution in [3.05, 3.63) is 51.2 Å². The normalized spacial score (nSPS) is 11.1. The highest BCUT2D eigenvalue weighted by atomic mass is 35.5. The maximum absolute atomic E-state index is 12.1. The van der Waals surface area contributed by atoms with Crippen molar-refractivity contribution in [3.63, 3.8) is 0 Å². The van der Waals surface area contributed by atoms with Gasteiger partial charge in [-0.25, -0.2) is 4.79 Å². The van der Waals surface area contributed by atoms with Gasteiger partial charge in [-0.3, -0.25) is 9.78 Å². The number of para-hydroxylation sites is 1. The number of aromatic amines is 1. The number of rotatable bonds is 5. The fourth-order valence-corrected chi connectivity index (χ4v) is 2.92. The molecule has 3 rings (SSSR count). The Bertz CT molecular complexity index is 914. The summed E-state index contributed by atoms with van der Waals surface area (Å²) in [5.41, 5.74) is 0.434. The van der Waals surface area contributed by atoms with Gasteiger partial charge in [0.2, 0.25) is 0 Å². The SMILES string of the molecule is CCN(CC)CCn1c2nc(=O)[nH]c(=O)c-2cc2ccccc21.Cl. The second kappa shape index (κ2) is 7.59. The summed E-state index contributed by atoms with van der Waals surface area (Å²) in [7, 11) is 0. The highest BCUT2D eigenvalue weighted by molar-refractivity contribution is 5.85. The molecule has 2 heterocycles. The molecule has 0 radical (unpaired) electrons. The van der Waals surface area contributed by atoms with Crippen molar-refractivity contribution in [3.8, 4) is 11.4 Å². The molecule has 0 saturated heterocycles. The lowest BCUT2D eigenvalue weighted by Gasteiger charge is -2.22. The topological polar surface area (TPSA) is 71.0 Å². The van der Waals surface area contributed by atoms with Crippen molar-refractivity contribution in [2.75, 3.05) is 19.6 Å². The van der Waals surface area contributed by atoms with Gasteiger partial charge in [-0.15, -0.1) is 12.4 Å². The van der Waals surface area contributed by atoms with Gasteiger partial charge in [-0.1, -0.05) is 32.0 Å². The maximum Gasteiger partial charge on any atom is 0.349 e. The monoisotopic (exact) mass is 348 g/mol. The number of benzene rings is 1. The number of aromatic nitrogens is 3. The summed E-state index contributed by atoms with van der Waals surface area (Å²) in [5.74, 6) is 0.449. The number of halogens is 1. The minimum absolute atomic E-state index is 0. The molecule has 128 valence electrons. The van der Waals surface area contributed by atoms with Crippen LogP contribution >= 0.6 is 12.4 Å². The first-order valence-corrected chi connectivity index (χ1v) is 7.89. The molecule has 0 aliphatic carbocycles. The van der Waals surface area contributed by atoms with Crippen LogP contribution in [0.4, 0.5) is 0 Å². The van der Waals surface area contributed by atoms with Crippen LogP contribution in [-0.4, -0.2) is 39.1 Å². The number of likely N-dealkylation sites (N-methyl/N-ethyl adjacent to an activating group) is 1. The van der Waals surface area contributed by atoms with Gasteiger partial charge in [-0.2, -0.15) is 4.98 Å². The number of nitrogens with one attached hydrogen (secondary N) is 1. The number of fused-ring (bicyclic) bond motifs is 2. The van der Waals surface area contributed by atoms with Crippen LogP contribution in [0.3, 0.4) is 0 Å². The number of hydrogen-bond acceptors (Lipinski definition) is 4. The molecule has 0 saturated carbocycles. The Labute approximate surface area is 145 Å². The van der Waals surface area contributed by atoms with Crippen LogP contribution in [0.5, 0.6) is 0 Å². The zero-order chi connectivity index (χ0) is 16.4. The first-order valence-electron chi connectivity index (χ1n) is 7.89. The number of nitrogens with zero attached hydrogens (tertiary/aromatic N) is 3. The van der Waals surface area contributed by atoms with Crippen molar-refractivity contribution in [1.29, 1.82) is 0 Å². The quantitative estimate of drug-likeness (QED) is 0.715. The van der Waals surface area contributed by atoms with E-state index in [1.165, 1.54) is 0 Å². The molecule has 0 fully saturated rings. The molecule has 1 aromatic rings. The zero-order valence-electron chi connectivity index (χ0n) is 13.8. The second-order valence-corrected chi connectivity index (χ2v) is 5.49. The van der Waals surface area contributed by atoms with Crippen molar-refractivity contribution >= 4 is 23.3 Å². The summed E-state index contributed by atoms with van der Waals surface area (Å²) in [4.78, 5) is 32.4. The molecule has 0 atom stereocenters. The third kappa shape index (κ3) is 3.34. The molecule has 2 aliphatic rings. The minimum Gasteiger partial charge on any atom is -0.324 e. The van der Waals surface area contributed by atoms with E-state index in [1.54, 1.807) is 6.07 Å². The molecule has 1 N–H and O–H groups in total. The average Bonchev–Trinajstić information content (AvgIpc) is 2.55. The van der Waals surface area contributed by atoms with E-state index in [0.29, 0.717) is 17.9 Å². The molecule has 2 aliphatic heterocycles. The van der Waals surface area contributed by atoms with E-state index in [0.717, 1.165) is 30.5 Å². The first-order chi connectivity index (χ1) is 11.1. The molecule has 7 heteroatoms. The summed E-state index contributed by atoms with van der Waals surface area (Å²) >= 11 is 0. The lowest BCUT2D eigenvalue weighted by atomic mass is 10.1. The van der Waals surface area contributed by atoms with Crippen LogP contribution in [0.15, 0.2) is 39.9 Å². The Hall–Kier alpha value is -2.18. The molecular weight excluding hydrogens is 328 g/mol. The van der Waals surface area contributed by atoms with E-state index >= 15 is 0 Å². The van der Waals surface area contributed by atoms with Crippen molar-refractivity contribution in [2.24, 2.45) is 0 Å². The Balaban J connectivity index is 0.00000208. The van der Waals surface area contributed by atoms with E-state index in [1.807, 2.05) is 28.8 Å². The second-order valence-electron chi connectivity index (χ2n) is 5.49. The standard InChI is InChI=1S/C17H20N4O2.ClH/c1-3-20(4-2)9-10-21-14-8-6-5-7-12(14)11-13-15(21)18-17(23)19-16(13)22;/h5-8,11H,3-4,9-10H2,1-2H3,(H,19,22,23);1H. The third-order valence-electron chi connectivity index (χ3n) is 4.23. The lowest BCUT2D eigenvalue weighted by Crippen LogP contribution is -2.31. The third-order valence-corrected chi connectivity index (χ3v) is 4.23. The Kier molecular flexibility index (Phi) is 5.75. The summed E-state index contributed by atoms with van der Waals surface area (Å²) in [6, 6.07) is 9.64. The zero-order valence-corrected chi connectivity index (χ0v) is 14.6. The summed E-state index contributed by atoms with van der Waals surface area (Å²) in [6.45, 7) is 7.67. The summed E-state index contributed by atoms with van der Waals surface area (Å²) in [6.07, 6.45) is 0. The van der Waals surface area contributed by atoms with Crippen LogP contribution in [0.2, 0.25) is 0 Å². The Morgan fingerprint density at radius 3 is 2.58 bits per heavy atom. The Morgan fingerprint density at radius 2 is 1.88 bits per heavy atom. The molecule has 24 heavy (non-hydrogen) atoms. The van der Waals surface area contributed by atoms with Gasteiger partial charge in [0, 0.05) is 18.6 Å². The fraction of sp³-hybridized carbons (Fsp3) is 0.353. The van der Waals surface area contributed by atoms with Crippen molar-refractivity contribution < 1.29 is 0 Å². The molecule has 0 spiro atoms. The van der Waals surface area contributed by atoms with E-state index in [-0.39, 0.29) is 18.0 Å². The van der Waals surface area contributed by atoms with Crippen molar-refractivity contribution in [1.82, 2.24) is 19.4 Å². The van der Waals surface area contributed by atoms with Crippen LogP contribution < -0.4 is 11.2 Å². The van der Waals surface area contributed by atoms with E-state index in [9.17, 15) is 9.59 Å². The molecule has 0 bridgehead atoms. The minimum atomic E-state index is -0.602. The predicted octanol–water partition coefficient (Wildman–Crippen LogP) is 1.95. The number of H-pyrrole nitrogens is 1. The molecular formula is C17H21ClN4O2. The largest absolute Gasteiger partial charge is 0.349 e. The van der Waals surface area contributed by atoms with Gasteiger partial charge in [-0.05, 0) is 30.6 Å². The average molecular weight is 349 g/mol. The van der Waals surface area contributed by atoms with Crippen molar-refractivity contribution in [2.45, 2.75) is 20.4 Å². The van der Waals surface area contributed by atoms with Gasteiger partial charge in [0.1, 0.15) is 0 Å². The van der Waals surface area contributed by atoms with Gasteiger partial charge >= 0.3 is 5.69 Å². The van der Waals surface area contributed by atoms with Crippen LogP contribution in [0.25, 0.3) is 22.3 Å². The fourth-order valence-electron chi connectivity index (χ4n) is 2.92. The molecule has 0 unspecified atom stereocenters. The smallest absolute Gasteiger partial charge is 0.324 e. The van der Waals surface area contributed by atoms with Crippen LogP contribution in [0.1, 0.15) is 13.8 Å². The predicted molar refractivity (Wildman–Crippen MR) is 98.3 cm³/mol. The van der Waals surface area contributed by atoms with Gasteiger partial charge in [0.25, 0.3) is 5.56 Å². The summed E-state index contributed by atoms with van der Waals surface area (Å²) < 4.78 is 1.97. The van der Waals surface area contributed by atoms with Gasteiger partial charge < -0.3 is 9.47 Å². The summed E-state index contributed by atoms with van der Waals surface area (Å²) in [5, 5.41) is 0.963. The maximum atomic E-state index is 12.1. The van der Waals surface area contributed by atoms with E-state index in [2.05, 4.69) is 28.7 Å². The van der Waals surface area contributed by atoms with Gasteiger partial charge in [0.15, 0.2) is 5.82 Å². The molecule has 6 nitrogen and oxygen atoms in total. The molecule has 0 amide bonds. The number of hydrogen-bond donors (Lipinski definition) is 1. The lowest BCUT2D eigenvalue weighted by molar-refractivity contribution is 0.292. The van der Waals surface area contributed by atoms with Gasteiger partial charge in [0.05, 0.1) is 5.56 Å². The number of pyridine rings is 1. The van der Waals surface area contributed by atoms with E-state index in [4.69, 9.17) is 0 Å². The Morgan fingerprint density at radius 1 is 1.17 bits per heavy atom.